The molecule has 0 heterocycles. The van der Waals surface area contributed by atoms with Crippen LogP contribution in [-0.2, 0) is 0 Å². The fourth-order valence-electron chi connectivity index (χ4n) is 2.41. The monoisotopic (exact) mass is 344 g/mol. The highest BCUT2D eigenvalue weighted by molar-refractivity contribution is 5.91. The molecule has 0 saturated heterocycles. The molecule has 0 aliphatic carbocycles. The summed E-state index contributed by atoms with van der Waals surface area (Å²) in [5, 5.41) is 0. The lowest BCUT2D eigenvalue weighted by molar-refractivity contribution is 0.0734. The number of ether oxygens (including phenoxy) is 2. The standard InChI is InChI=1S/C23H20O3/c1-17-3-5-18(6-4-17)7-8-19-9-13-22(14-10-19)26-23(24)20-11-15-21(25-2)16-12-20/h3-16H,1-2H3/b8-7+. The van der Waals surface area contributed by atoms with Gasteiger partial charge in [-0.05, 0) is 54.4 Å². The van der Waals surface area contributed by atoms with Gasteiger partial charge in [-0.15, -0.1) is 0 Å². The van der Waals surface area contributed by atoms with Crippen molar-refractivity contribution in [2.24, 2.45) is 0 Å². The van der Waals surface area contributed by atoms with Crippen molar-refractivity contribution < 1.29 is 14.3 Å². The molecule has 26 heavy (non-hydrogen) atoms. The third kappa shape index (κ3) is 4.61. The number of benzene rings is 3. The Hall–Kier alpha value is -3.33. The van der Waals surface area contributed by atoms with Crippen LogP contribution in [0.15, 0.2) is 72.8 Å². The number of hydrogen-bond donors (Lipinski definition) is 0. The highest BCUT2D eigenvalue weighted by Gasteiger charge is 2.08. The zero-order valence-corrected chi connectivity index (χ0v) is 14.8. The maximum Gasteiger partial charge on any atom is 0.343 e. The maximum atomic E-state index is 12.2. The fraction of sp³-hybridized carbons (Fsp3) is 0.0870. The fourth-order valence-corrected chi connectivity index (χ4v) is 2.41. The van der Waals surface area contributed by atoms with Crippen molar-refractivity contribution in [3.8, 4) is 11.5 Å². The van der Waals surface area contributed by atoms with E-state index in [2.05, 4.69) is 37.3 Å². The average molecular weight is 344 g/mol. The molecule has 0 saturated carbocycles. The number of carbonyl (C=O) groups is 1. The number of carbonyl (C=O) groups excluding carboxylic acids is 1. The van der Waals surface area contributed by atoms with Crippen molar-refractivity contribution in [2.75, 3.05) is 7.11 Å². The summed E-state index contributed by atoms with van der Waals surface area (Å²) in [7, 11) is 1.59. The molecule has 0 N–H and O–H groups in total. The number of methoxy groups -OCH3 is 1. The SMILES string of the molecule is COc1ccc(C(=O)Oc2ccc(/C=C/c3ccc(C)cc3)cc2)cc1. The molecular formula is C23H20O3. The third-order valence-electron chi connectivity index (χ3n) is 3.96. The highest BCUT2D eigenvalue weighted by Crippen LogP contribution is 2.18. The molecule has 0 radical (unpaired) electrons. The molecule has 0 aliphatic heterocycles. The molecule has 3 nitrogen and oxygen atoms in total. The molecule has 0 fully saturated rings. The molecule has 0 atom stereocenters. The summed E-state index contributed by atoms with van der Waals surface area (Å²) in [6, 6.07) is 22.6. The summed E-state index contributed by atoms with van der Waals surface area (Å²) in [4.78, 5) is 12.2. The third-order valence-corrected chi connectivity index (χ3v) is 3.96. The van der Waals surface area contributed by atoms with E-state index in [0.29, 0.717) is 17.1 Å². The minimum atomic E-state index is -0.393. The summed E-state index contributed by atoms with van der Waals surface area (Å²) >= 11 is 0. The Morgan fingerprint density at radius 3 is 1.77 bits per heavy atom. The van der Waals surface area contributed by atoms with Crippen LogP contribution in [0.2, 0.25) is 0 Å². The van der Waals surface area contributed by atoms with Crippen molar-refractivity contribution in [1.82, 2.24) is 0 Å². The van der Waals surface area contributed by atoms with Crippen LogP contribution in [0.25, 0.3) is 12.2 Å². The first-order valence-corrected chi connectivity index (χ1v) is 8.35. The van der Waals surface area contributed by atoms with Gasteiger partial charge in [0.25, 0.3) is 0 Å². The van der Waals surface area contributed by atoms with Crippen LogP contribution in [0.5, 0.6) is 11.5 Å². The second-order valence-corrected chi connectivity index (χ2v) is 5.93. The summed E-state index contributed by atoms with van der Waals surface area (Å²) in [6.07, 6.45) is 4.08. The quantitative estimate of drug-likeness (QED) is 0.353. The zero-order valence-electron chi connectivity index (χ0n) is 14.8. The number of hydrogen-bond acceptors (Lipinski definition) is 3. The molecule has 0 aromatic heterocycles. The van der Waals surface area contributed by atoms with E-state index in [1.807, 2.05) is 18.2 Å². The number of rotatable bonds is 5. The Morgan fingerprint density at radius 2 is 1.23 bits per heavy atom. The normalized spacial score (nSPS) is 10.7. The van der Waals surface area contributed by atoms with Gasteiger partial charge in [0.2, 0.25) is 0 Å². The molecule has 0 unspecified atom stereocenters. The second-order valence-electron chi connectivity index (χ2n) is 5.93. The van der Waals surface area contributed by atoms with Crippen molar-refractivity contribution >= 4 is 18.1 Å². The lowest BCUT2D eigenvalue weighted by Gasteiger charge is -2.05. The molecule has 0 bridgehead atoms. The largest absolute Gasteiger partial charge is 0.497 e. The first-order valence-electron chi connectivity index (χ1n) is 8.35. The van der Waals surface area contributed by atoms with Crippen LogP contribution in [0, 0.1) is 6.92 Å². The van der Waals surface area contributed by atoms with E-state index in [1.165, 1.54) is 5.56 Å². The molecule has 3 rings (SSSR count). The van der Waals surface area contributed by atoms with Crippen molar-refractivity contribution in [3.05, 3.63) is 95.1 Å². The minimum Gasteiger partial charge on any atom is -0.497 e. The smallest absolute Gasteiger partial charge is 0.343 e. The lowest BCUT2D eigenvalue weighted by atomic mass is 10.1. The van der Waals surface area contributed by atoms with Crippen LogP contribution >= 0.6 is 0 Å². The minimum absolute atomic E-state index is 0.393. The molecule has 3 heteroatoms. The van der Waals surface area contributed by atoms with E-state index in [-0.39, 0.29) is 0 Å². The van der Waals surface area contributed by atoms with Crippen LogP contribution in [-0.4, -0.2) is 13.1 Å². The molecule has 3 aromatic carbocycles. The summed E-state index contributed by atoms with van der Waals surface area (Å²) in [5.41, 5.74) is 3.90. The van der Waals surface area contributed by atoms with Gasteiger partial charge in [0, 0.05) is 0 Å². The van der Waals surface area contributed by atoms with E-state index in [4.69, 9.17) is 9.47 Å². The zero-order chi connectivity index (χ0) is 18.4. The predicted octanol–water partition coefficient (Wildman–Crippen LogP) is 5.39. The van der Waals surface area contributed by atoms with Gasteiger partial charge >= 0.3 is 5.97 Å². The van der Waals surface area contributed by atoms with Crippen molar-refractivity contribution in [1.29, 1.82) is 0 Å². The van der Waals surface area contributed by atoms with Gasteiger partial charge < -0.3 is 9.47 Å². The molecule has 3 aromatic rings. The van der Waals surface area contributed by atoms with E-state index in [0.717, 1.165) is 11.1 Å². The van der Waals surface area contributed by atoms with Crippen LogP contribution in [0.3, 0.4) is 0 Å². The summed E-state index contributed by atoms with van der Waals surface area (Å²) in [6.45, 7) is 2.07. The van der Waals surface area contributed by atoms with Gasteiger partial charge in [0.05, 0.1) is 12.7 Å². The number of esters is 1. The van der Waals surface area contributed by atoms with Gasteiger partial charge in [-0.2, -0.15) is 0 Å². The Balaban J connectivity index is 1.63. The molecular weight excluding hydrogens is 324 g/mol. The Morgan fingerprint density at radius 1 is 0.731 bits per heavy atom. The van der Waals surface area contributed by atoms with Crippen molar-refractivity contribution in [2.45, 2.75) is 6.92 Å². The average Bonchev–Trinajstić information content (AvgIpc) is 2.68. The Labute approximate surface area is 153 Å². The highest BCUT2D eigenvalue weighted by atomic mass is 16.5. The van der Waals surface area contributed by atoms with Gasteiger partial charge in [-0.1, -0.05) is 54.1 Å². The van der Waals surface area contributed by atoms with Crippen molar-refractivity contribution in [3.63, 3.8) is 0 Å². The van der Waals surface area contributed by atoms with Gasteiger partial charge in [-0.25, -0.2) is 4.79 Å². The first-order chi connectivity index (χ1) is 12.6. The van der Waals surface area contributed by atoms with E-state index in [9.17, 15) is 4.79 Å². The molecule has 130 valence electrons. The van der Waals surface area contributed by atoms with Gasteiger partial charge in [-0.3, -0.25) is 0 Å². The van der Waals surface area contributed by atoms with Crippen LogP contribution in [0.4, 0.5) is 0 Å². The molecule has 0 amide bonds. The van der Waals surface area contributed by atoms with Crippen LogP contribution < -0.4 is 9.47 Å². The van der Waals surface area contributed by atoms with E-state index >= 15 is 0 Å². The molecule has 0 aliphatic rings. The molecule has 0 spiro atoms. The number of aryl methyl sites for hydroxylation is 1. The van der Waals surface area contributed by atoms with Crippen LogP contribution in [0.1, 0.15) is 27.0 Å². The van der Waals surface area contributed by atoms with Gasteiger partial charge in [0.15, 0.2) is 0 Å². The summed E-state index contributed by atoms with van der Waals surface area (Å²) in [5.74, 6) is 0.820. The lowest BCUT2D eigenvalue weighted by Crippen LogP contribution is -2.08. The maximum absolute atomic E-state index is 12.2. The Kier molecular flexibility index (Phi) is 5.49. The summed E-state index contributed by atoms with van der Waals surface area (Å²) < 4.78 is 10.5. The van der Waals surface area contributed by atoms with E-state index in [1.54, 1.807) is 43.5 Å². The second kappa shape index (κ2) is 8.17. The topological polar surface area (TPSA) is 35.5 Å². The predicted molar refractivity (Wildman–Crippen MR) is 105 cm³/mol. The van der Waals surface area contributed by atoms with E-state index < -0.39 is 5.97 Å². The van der Waals surface area contributed by atoms with Gasteiger partial charge in [0.1, 0.15) is 11.5 Å². The Bertz CT molecular complexity index is 890. The first kappa shape index (κ1) is 17.5.